The smallest absolute Gasteiger partial charge is 0.273 e. The molecule has 17 heavy (non-hydrogen) atoms. The fraction of sp³-hybridized carbons (Fsp3) is 0.385. The summed E-state index contributed by atoms with van der Waals surface area (Å²) in [4.78, 5) is 16.3. The highest BCUT2D eigenvalue weighted by molar-refractivity contribution is 5.75. The monoisotopic (exact) mass is 231 g/mol. The van der Waals surface area contributed by atoms with Crippen LogP contribution in [0.1, 0.15) is 19.4 Å². The molecule has 0 amide bonds. The molecular weight excluding hydrogens is 214 g/mol. The van der Waals surface area contributed by atoms with Crippen LogP contribution in [0.4, 0.5) is 0 Å². The van der Waals surface area contributed by atoms with Crippen LogP contribution in [0.15, 0.2) is 29.2 Å². The summed E-state index contributed by atoms with van der Waals surface area (Å²) in [6, 6.07) is 5.71. The lowest BCUT2D eigenvalue weighted by atomic mass is 10.2. The van der Waals surface area contributed by atoms with Gasteiger partial charge in [0, 0.05) is 23.7 Å². The Hall–Kier alpha value is -1.84. The molecule has 1 N–H and O–H groups in total. The molecule has 2 rings (SSSR count). The molecule has 0 aliphatic heterocycles. The van der Waals surface area contributed by atoms with E-state index in [1.807, 2.05) is 25.1 Å². The van der Waals surface area contributed by atoms with Gasteiger partial charge in [-0.25, -0.2) is 9.66 Å². The highest BCUT2D eigenvalue weighted by Crippen LogP contribution is 2.09. The van der Waals surface area contributed by atoms with Gasteiger partial charge in [-0.3, -0.25) is 4.79 Å². The second-order valence-corrected chi connectivity index (χ2v) is 4.64. The fourth-order valence-corrected chi connectivity index (χ4v) is 1.70. The van der Waals surface area contributed by atoms with Crippen LogP contribution < -0.4 is 11.0 Å². The van der Waals surface area contributed by atoms with Crippen LogP contribution in [-0.2, 0) is 0 Å². The fourth-order valence-electron chi connectivity index (χ4n) is 1.70. The summed E-state index contributed by atoms with van der Waals surface area (Å²) in [6.45, 7) is 6.77. The van der Waals surface area contributed by atoms with E-state index in [4.69, 9.17) is 0 Å². The third-order valence-electron chi connectivity index (χ3n) is 2.60. The zero-order valence-electron chi connectivity index (χ0n) is 10.4. The van der Waals surface area contributed by atoms with Gasteiger partial charge in [-0.15, -0.1) is 0 Å². The van der Waals surface area contributed by atoms with E-state index in [2.05, 4.69) is 24.3 Å². The second-order valence-electron chi connectivity index (χ2n) is 4.64. The first kappa shape index (κ1) is 11.6. The predicted molar refractivity (Wildman–Crippen MR) is 69.8 cm³/mol. The molecule has 0 saturated heterocycles. The van der Waals surface area contributed by atoms with Crippen molar-refractivity contribution in [1.82, 2.24) is 9.66 Å². The third kappa shape index (κ3) is 2.30. The molecule has 0 saturated carbocycles. The van der Waals surface area contributed by atoms with Gasteiger partial charge in [-0.05, 0) is 31.0 Å². The summed E-state index contributed by atoms with van der Waals surface area (Å²) in [5, 5.41) is 0.973. The minimum atomic E-state index is -0.0307. The van der Waals surface area contributed by atoms with E-state index in [-0.39, 0.29) is 5.56 Å². The molecule has 2 aromatic heterocycles. The lowest BCUT2D eigenvalue weighted by Crippen LogP contribution is -2.33. The Morgan fingerprint density at radius 3 is 2.94 bits per heavy atom. The summed E-state index contributed by atoms with van der Waals surface area (Å²) < 4.78 is 1.55. The Balaban J connectivity index is 2.58. The van der Waals surface area contributed by atoms with Crippen LogP contribution in [0, 0.1) is 12.8 Å². The number of nitrogens with zero attached hydrogens (tertiary/aromatic N) is 2. The van der Waals surface area contributed by atoms with E-state index in [0.717, 1.165) is 17.5 Å². The van der Waals surface area contributed by atoms with Crippen molar-refractivity contribution in [2.45, 2.75) is 20.8 Å². The number of hydrogen-bond acceptors (Lipinski definition) is 3. The van der Waals surface area contributed by atoms with Gasteiger partial charge in [0.05, 0.1) is 0 Å². The molecule has 0 aromatic carbocycles. The van der Waals surface area contributed by atoms with Crippen molar-refractivity contribution < 1.29 is 0 Å². The zero-order chi connectivity index (χ0) is 12.4. The number of pyridine rings is 2. The zero-order valence-corrected chi connectivity index (χ0v) is 10.4. The Morgan fingerprint density at radius 1 is 1.47 bits per heavy atom. The molecule has 0 radical (unpaired) electrons. The molecule has 0 bridgehead atoms. The maximum Gasteiger partial charge on any atom is 0.273 e. The van der Waals surface area contributed by atoms with Crippen LogP contribution in [0.3, 0.4) is 0 Å². The minimum Gasteiger partial charge on any atom is -0.321 e. The van der Waals surface area contributed by atoms with Crippen LogP contribution in [-0.4, -0.2) is 16.2 Å². The highest BCUT2D eigenvalue weighted by Gasteiger charge is 2.07. The van der Waals surface area contributed by atoms with Crippen LogP contribution in [0.5, 0.6) is 0 Å². The summed E-state index contributed by atoms with van der Waals surface area (Å²) in [7, 11) is 0. The van der Waals surface area contributed by atoms with Gasteiger partial charge in [-0.1, -0.05) is 13.8 Å². The quantitative estimate of drug-likeness (QED) is 0.877. The second kappa shape index (κ2) is 4.57. The van der Waals surface area contributed by atoms with Crippen LogP contribution in [0.2, 0.25) is 0 Å². The number of aryl methyl sites for hydroxylation is 1. The highest BCUT2D eigenvalue weighted by atomic mass is 16.1. The normalized spacial score (nSPS) is 11.1. The SMILES string of the molecule is Cc1cc2cccnc2n(NCC(C)C)c1=O. The van der Waals surface area contributed by atoms with Gasteiger partial charge < -0.3 is 5.43 Å². The molecule has 0 aliphatic rings. The van der Waals surface area contributed by atoms with Gasteiger partial charge >= 0.3 is 0 Å². The topological polar surface area (TPSA) is 46.9 Å². The lowest BCUT2D eigenvalue weighted by molar-refractivity contribution is 0.638. The number of fused-ring (bicyclic) bond motifs is 1. The minimum absolute atomic E-state index is 0.0307. The van der Waals surface area contributed by atoms with Crippen molar-refractivity contribution in [3.8, 4) is 0 Å². The molecule has 0 unspecified atom stereocenters. The van der Waals surface area contributed by atoms with Gasteiger partial charge in [0.1, 0.15) is 0 Å². The first-order valence-corrected chi connectivity index (χ1v) is 5.81. The molecule has 0 atom stereocenters. The molecule has 0 fully saturated rings. The largest absolute Gasteiger partial charge is 0.321 e. The van der Waals surface area contributed by atoms with E-state index in [1.165, 1.54) is 0 Å². The molecule has 0 spiro atoms. The number of rotatable bonds is 3. The molecule has 2 heterocycles. The molecular formula is C13H17N3O. The van der Waals surface area contributed by atoms with Crippen LogP contribution >= 0.6 is 0 Å². The standard InChI is InChI=1S/C13H17N3O/c1-9(2)8-15-16-12-11(5-4-6-14-12)7-10(3)13(16)17/h4-7,9,15H,8H2,1-3H3. The Labute approximate surface area is 100 Å². The number of nitrogens with one attached hydrogen (secondary N) is 1. The Bertz CT molecular complexity index is 587. The van der Waals surface area contributed by atoms with E-state index in [9.17, 15) is 4.79 Å². The average molecular weight is 231 g/mol. The molecule has 0 aliphatic carbocycles. The van der Waals surface area contributed by atoms with Gasteiger partial charge in [-0.2, -0.15) is 0 Å². The van der Waals surface area contributed by atoms with E-state index >= 15 is 0 Å². The molecule has 2 aromatic rings. The lowest BCUT2D eigenvalue weighted by Gasteiger charge is -2.14. The predicted octanol–water partition coefficient (Wildman–Crippen LogP) is 1.90. The molecule has 4 nitrogen and oxygen atoms in total. The van der Waals surface area contributed by atoms with Crippen molar-refractivity contribution in [1.29, 1.82) is 0 Å². The maximum atomic E-state index is 12.1. The van der Waals surface area contributed by atoms with Gasteiger partial charge in [0.15, 0.2) is 5.65 Å². The van der Waals surface area contributed by atoms with Crippen molar-refractivity contribution in [2.24, 2.45) is 5.92 Å². The number of aromatic nitrogens is 2. The van der Waals surface area contributed by atoms with E-state index < -0.39 is 0 Å². The average Bonchev–Trinajstić information content (AvgIpc) is 2.29. The first-order chi connectivity index (χ1) is 8.09. The van der Waals surface area contributed by atoms with Crippen LogP contribution in [0.25, 0.3) is 11.0 Å². The summed E-state index contributed by atoms with van der Waals surface area (Å²) >= 11 is 0. The van der Waals surface area contributed by atoms with E-state index in [1.54, 1.807) is 10.9 Å². The van der Waals surface area contributed by atoms with Gasteiger partial charge in [0.2, 0.25) is 0 Å². The van der Waals surface area contributed by atoms with Crippen molar-refractivity contribution in [3.05, 3.63) is 40.3 Å². The first-order valence-electron chi connectivity index (χ1n) is 5.81. The Kier molecular flexibility index (Phi) is 3.13. The maximum absolute atomic E-state index is 12.1. The Morgan fingerprint density at radius 2 is 2.24 bits per heavy atom. The summed E-state index contributed by atoms with van der Waals surface area (Å²) in [5.41, 5.74) is 4.52. The van der Waals surface area contributed by atoms with Crippen molar-refractivity contribution in [2.75, 3.05) is 12.0 Å². The molecule has 90 valence electrons. The van der Waals surface area contributed by atoms with Gasteiger partial charge in [0.25, 0.3) is 5.56 Å². The van der Waals surface area contributed by atoms with E-state index in [0.29, 0.717) is 11.6 Å². The van der Waals surface area contributed by atoms with Crippen molar-refractivity contribution in [3.63, 3.8) is 0 Å². The summed E-state index contributed by atoms with van der Waals surface area (Å²) in [5.74, 6) is 0.473. The number of hydrogen-bond donors (Lipinski definition) is 1. The summed E-state index contributed by atoms with van der Waals surface area (Å²) in [6.07, 6.45) is 1.70. The third-order valence-corrected chi connectivity index (χ3v) is 2.60. The van der Waals surface area contributed by atoms with Crippen molar-refractivity contribution >= 4 is 11.0 Å². The molecule has 4 heteroatoms.